The fourth-order valence-corrected chi connectivity index (χ4v) is 3.47. The first-order chi connectivity index (χ1) is 14.1. The van der Waals surface area contributed by atoms with Gasteiger partial charge in [-0.1, -0.05) is 24.3 Å². The minimum Gasteiger partial charge on any atom is -0.493 e. The third-order valence-electron chi connectivity index (χ3n) is 4.65. The first kappa shape index (κ1) is 18.9. The maximum absolute atomic E-state index is 13.0. The number of anilines is 1. The lowest BCUT2D eigenvalue weighted by Crippen LogP contribution is -2.21. The molecule has 0 atom stereocenters. The van der Waals surface area contributed by atoms with Gasteiger partial charge in [0.05, 0.1) is 12.8 Å². The number of fused-ring (bicyclic) bond motifs is 1. The molecule has 0 spiro atoms. The Bertz CT molecular complexity index is 1260. The summed E-state index contributed by atoms with van der Waals surface area (Å²) >= 11 is 1.35. The van der Waals surface area contributed by atoms with Gasteiger partial charge in [-0.2, -0.15) is 0 Å². The van der Waals surface area contributed by atoms with Gasteiger partial charge in [0.2, 0.25) is 5.55 Å². The van der Waals surface area contributed by atoms with Crippen molar-refractivity contribution in [1.82, 2.24) is 4.98 Å². The fraction of sp³-hybridized carbons (Fsp3) is 0.136. The van der Waals surface area contributed by atoms with E-state index in [1.165, 1.54) is 11.3 Å². The highest BCUT2D eigenvalue weighted by Crippen LogP contribution is 2.26. The molecule has 0 saturated heterocycles. The van der Waals surface area contributed by atoms with Gasteiger partial charge in [0, 0.05) is 17.0 Å². The number of carbonyl (C=O) groups excluding carboxylic acids is 1. The average molecular weight is 405 g/mol. The van der Waals surface area contributed by atoms with Gasteiger partial charge < -0.3 is 9.15 Å². The zero-order valence-electron chi connectivity index (χ0n) is 16.2. The van der Waals surface area contributed by atoms with Crippen LogP contribution in [0.1, 0.15) is 21.5 Å². The van der Waals surface area contributed by atoms with Crippen LogP contribution in [0.15, 0.2) is 63.5 Å². The molecule has 0 aliphatic rings. The highest BCUT2D eigenvalue weighted by atomic mass is 32.1. The first-order valence-corrected chi connectivity index (χ1v) is 9.87. The van der Waals surface area contributed by atoms with Gasteiger partial charge in [0.1, 0.15) is 5.56 Å². The molecule has 1 N–H and O–H groups in total. The second-order valence-corrected chi connectivity index (χ2v) is 7.36. The van der Waals surface area contributed by atoms with E-state index in [9.17, 15) is 4.79 Å². The number of nitrogens with one attached hydrogen (secondary N) is 1. The lowest BCUT2D eigenvalue weighted by Gasteiger charge is -2.08. The van der Waals surface area contributed by atoms with Crippen molar-refractivity contribution in [3.8, 4) is 5.75 Å². The normalized spacial score (nSPS) is 11.6. The molecule has 0 unspecified atom stereocenters. The number of aromatic nitrogens is 1. The number of hydrogen-bond acceptors (Lipinski definition) is 6. The van der Waals surface area contributed by atoms with E-state index in [4.69, 9.17) is 9.15 Å². The Morgan fingerprint density at radius 2 is 2.03 bits per heavy atom. The minimum atomic E-state index is -0.336. The number of hydrogen-bond donors (Lipinski definition) is 1. The largest absolute Gasteiger partial charge is 0.493 e. The Labute approximate surface area is 171 Å². The lowest BCUT2D eigenvalue weighted by atomic mass is 10.1. The Balaban J connectivity index is 1.95. The summed E-state index contributed by atoms with van der Waals surface area (Å²) in [6.45, 7) is 4.01. The van der Waals surface area contributed by atoms with E-state index in [-0.39, 0.29) is 11.5 Å². The van der Waals surface area contributed by atoms with Gasteiger partial charge in [-0.25, -0.2) is 9.98 Å². The Morgan fingerprint density at radius 1 is 1.21 bits per heavy atom. The third kappa shape index (κ3) is 3.77. The van der Waals surface area contributed by atoms with Gasteiger partial charge in [0.15, 0.2) is 16.5 Å². The quantitative estimate of drug-likeness (QED) is 0.518. The topological polar surface area (TPSA) is 76.7 Å². The van der Waals surface area contributed by atoms with Crippen LogP contribution in [0.2, 0.25) is 0 Å². The molecule has 146 valence electrons. The number of rotatable bonds is 4. The van der Waals surface area contributed by atoms with Crippen LogP contribution in [0.5, 0.6) is 5.75 Å². The molecule has 0 fully saturated rings. The minimum absolute atomic E-state index is 0.213. The Morgan fingerprint density at radius 3 is 2.79 bits per heavy atom. The maximum atomic E-state index is 13.0. The third-order valence-corrected chi connectivity index (χ3v) is 5.34. The van der Waals surface area contributed by atoms with Crippen molar-refractivity contribution >= 4 is 39.0 Å². The summed E-state index contributed by atoms with van der Waals surface area (Å²) < 4.78 is 11.5. The molecule has 2 aromatic carbocycles. The molecule has 6 nitrogen and oxygen atoms in total. The van der Waals surface area contributed by atoms with Crippen molar-refractivity contribution < 1.29 is 13.9 Å². The molecule has 4 rings (SSSR count). The SMILES string of the molecule is COc1cccc2cc(C(=O)Nc3nccs3)c(=Nc3cccc(C)c3C)oc12. The molecule has 2 heterocycles. The number of benzene rings is 2. The van der Waals surface area contributed by atoms with Crippen LogP contribution in [0.3, 0.4) is 0 Å². The molecule has 7 heteroatoms. The molecule has 29 heavy (non-hydrogen) atoms. The predicted molar refractivity (Wildman–Crippen MR) is 114 cm³/mol. The Hall–Kier alpha value is -3.45. The summed E-state index contributed by atoms with van der Waals surface area (Å²) in [7, 11) is 1.58. The van der Waals surface area contributed by atoms with Crippen LogP contribution >= 0.6 is 11.3 Å². The van der Waals surface area contributed by atoms with Crippen molar-refractivity contribution in [2.75, 3.05) is 12.4 Å². The van der Waals surface area contributed by atoms with E-state index in [2.05, 4.69) is 15.3 Å². The van der Waals surface area contributed by atoms with Crippen LogP contribution in [0.25, 0.3) is 11.0 Å². The van der Waals surface area contributed by atoms with Crippen LogP contribution in [0, 0.1) is 13.8 Å². The molecule has 0 bridgehead atoms. The maximum Gasteiger partial charge on any atom is 0.262 e. The number of ether oxygens (including phenoxy) is 1. The zero-order chi connectivity index (χ0) is 20.4. The van der Waals surface area contributed by atoms with Crippen LogP contribution < -0.4 is 15.6 Å². The van der Waals surface area contributed by atoms with E-state index in [0.29, 0.717) is 22.0 Å². The molecular weight excluding hydrogens is 386 g/mol. The van der Waals surface area contributed by atoms with Crippen molar-refractivity contribution in [1.29, 1.82) is 0 Å². The summed E-state index contributed by atoms with van der Waals surface area (Å²) in [6.07, 6.45) is 1.64. The van der Waals surface area contributed by atoms with Crippen molar-refractivity contribution in [2.45, 2.75) is 13.8 Å². The van der Waals surface area contributed by atoms with E-state index < -0.39 is 0 Å². The summed E-state index contributed by atoms with van der Waals surface area (Å²) in [5, 5.41) is 5.86. The Kier molecular flexibility index (Phi) is 5.14. The van der Waals surface area contributed by atoms with Crippen LogP contribution in [-0.4, -0.2) is 18.0 Å². The number of thiazole rings is 1. The van der Waals surface area contributed by atoms with Gasteiger partial charge in [-0.15, -0.1) is 11.3 Å². The van der Waals surface area contributed by atoms with Crippen LogP contribution in [-0.2, 0) is 0 Å². The summed E-state index contributed by atoms with van der Waals surface area (Å²) in [5.41, 5.74) is 3.94. The molecule has 0 aliphatic carbocycles. The smallest absolute Gasteiger partial charge is 0.262 e. The molecular formula is C22H19N3O3S. The number of carbonyl (C=O) groups is 1. The second-order valence-electron chi connectivity index (χ2n) is 6.47. The number of methoxy groups -OCH3 is 1. The highest BCUT2D eigenvalue weighted by Gasteiger charge is 2.16. The number of para-hydroxylation sites is 1. The van der Waals surface area contributed by atoms with Crippen LogP contribution in [0.4, 0.5) is 10.8 Å². The fourth-order valence-electron chi connectivity index (χ4n) is 2.95. The second kappa shape index (κ2) is 7.89. The van der Waals surface area contributed by atoms with E-state index in [1.54, 1.807) is 24.8 Å². The van der Waals surface area contributed by atoms with Crippen molar-refractivity contribution in [3.63, 3.8) is 0 Å². The summed E-state index contributed by atoms with van der Waals surface area (Å²) in [6, 6.07) is 13.1. The number of aryl methyl sites for hydroxylation is 1. The van der Waals surface area contributed by atoms with E-state index >= 15 is 0 Å². The molecule has 0 saturated carbocycles. The zero-order valence-corrected chi connectivity index (χ0v) is 17.0. The molecule has 4 aromatic rings. The summed E-state index contributed by atoms with van der Waals surface area (Å²) in [5.74, 6) is 0.240. The van der Waals surface area contributed by atoms with Gasteiger partial charge in [-0.05, 0) is 43.2 Å². The van der Waals surface area contributed by atoms with E-state index in [1.807, 2.05) is 50.2 Å². The molecule has 0 aliphatic heterocycles. The molecule has 1 amide bonds. The highest BCUT2D eigenvalue weighted by molar-refractivity contribution is 7.13. The van der Waals surface area contributed by atoms with Gasteiger partial charge >= 0.3 is 0 Å². The van der Waals surface area contributed by atoms with Crippen molar-refractivity contribution in [2.24, 2.45) is 4.99 Å². The van der Waals surface area contributed by atoms with Gasteiger partial charge in [-0.3, -0.25) is 10.1 Å². The average Bonchev–Trinajstić information content (AvgIpc) is 3.23. The molecule has 2 aromatic heterocycles. The number of nitrogens with zero attached hydrogens (tertiary/aromatic N) is 2. The van der Waals surface area contributed by atoms with Gasteiger partial charge in [0.25, 0.3) is 5.91 Å². The predicted octanol–water partition coefficient (Wildman–Crippen LogP) is 5.00. The molecule has 0 radical (unpaired) electrons. The first-order valence-electron chi connectivity index (χ1n) is 8.99. The standard InChI is InChI=1S/C22H19N3O3S/c1-13-6-4-8-17(14(13)2)24-21-16(20(26)25-22-23-10-11-29-22)12-15-7-5-9-18(27-3)19(15)28-21/h4-12H,1-3H3,(H,23,25,26). The summed E-state index contributed by atoms with van der Waals surface area (Å²) in [4.78, 5) is 21.8. The number of amides is 1. The van der Waals surface area contributed by atoms with E-state index in [0.717, 1.165) is 22.2 Å². The lowest BCUT2D eigenvalue weighted by molar-refractivity contribution is 0.102. The van der Waals surface area contributed by atoms with Crippen molar-refractivity contribution in [3.05, 3.63) is 76.3 Å². The monoisotopic (exact) mass is 405 g/mol.